The van der Waals surface area contributed by atoms with Crippen molar-refractivity contribution in [2.75, 3.05) is 20.2 Å². The van der Waals surface area contributed by atoms with Gasteiger partial charge in [-0.2, -0.15) is 9.40 Å². The summed E-state index contributed by atoms with van der Waals surface area (Å²) in [5, 5.41) is 21.5. The predicted molar refractivity (Wildman–Crippen MR) is 66.2 cm³/mol. The largest absolute Gasteiger partial charge is 0.480 e. The van der Waals surface area contributed by atoms with Crippen LogP contribution in [-0.4, -0.2) is 58.9 Å². The first-order valence-corrected chi connectivity index (χ1v) is 6.98. The summed E-state index contributed by atoms with van der Waals surface area (Å²) < 4.78 is 26.7. The van der Waals surface area contributed by atoms with Crippen LogP contribution in [-0.2, 0) is 21.4 Å². The molecule has 8 nitrogen and oxygen atoms in total. The van der Waals surface area contributed by atoms with E-state index in [-0.39, 0.29) is 29.4 Å². The fourth-order valence-electron chi connectivity index (χ4n) is 1.75. The SMILES string of the molecule is Cc1nn(CC(=O)O)c(C)c1S(=O)(=O)N(C)CCO. The van der Waals surface area contributed by atoms with Gasteiger partial charge in [0.25, 0.3) is 0 Å². The number of sulfonamides is 1. The third-order valence-electron chi connectivity index (χ3n) is 2.68. The van der Waals surface area contributed by atoms with Crippen LogP contribution >= 0.6 is 0 Å². The monoisotopic (exact) mass is 291 g/mol. The highest BCUT2D eigenvalue weighted by Crippen LogP contribution is 2.22. The van der Waals surface area contributed by atoms with Crippen molar-refractivity contribution in [1.82, 2.24) is 14.1 Å². The highest BCUT2D eigenvalue weighted by Gasteiger charge is 2.28. The van der Waals surface area contributed by atoms with Crippen molar-refractivity contribution in [2.24, 2.45) is 0 Å². The van der Waals surface area contributed by atoms with Gasteiger partial charge in [0.2, 0.25) is 10.0 Å². The van der Waals surface area contributed by atoms with Gasteiger partial charge in [-0.25, -0.2) is 8.42 Å². The topological polar surface area (TPSA) is 113 Å². The van der Waals surface area contributed by atoms with Crippen LogP contribution < -0.4 is 0 Å². The average molecular weight is 291 g/mol. The molecule has 1 aromatic rings. The van der Waals surface area contributed by atoms with E-state index >= 15 is 0 Å². The highest BCUT2D eigenvalue weighted by atomic mass is 32.2. The second-order valence-corrected chi connectivity index (χ2v) is 6.08. The molecule has 0 fully saturated rings. The molecular weight excluding hydrogens is 274 g/mol. The number of aryl methyl sites for hydroxylation is 1. The second kappa shape index (κ2) is 5.68. The number of carboxylic acids is 1. The van der Waals surface area contributed by atoms with E-state index in [1.807, 2.05) is 0 Å². The summed E-state index contributed by atoms with van der Waals surface area (Å²) in [4.78, 5) is 10.7. The third-order valence-corrected chi connectivity index (χ3v) is 4.79. The standard InChI is InChI=1S/C10H17N3O5S/c1-7-10(19(17,18)12(3)4-5-14)8(2)13(11-7)6-9(15)16/h14H,4-6H2,1-3H3,(H,15,16). The van der Waals surface area contributed by atoms with E-state index in [4.69, 9.17) is 10.2 Å². The van der Waals surface area contributed by atoms with Crippen LogP contribution in [0.3, 0.4) is 0 Å². The highest BCUT2D eigenvalue weighted by molar-refractivity contribution is 7.89. The summed E-state index contributed by atoms with van der Waals surface area (Å²) >= 11 is 0. The molecule has 0 saturated heterocycles. The van der Waals surface area contributed by atoms with E-state index in [1.165, 1.54) is 20.9 Å². The van der Waals surface area contributed by atoms with Crippen LogP contribution in [0.25, 0.3) is 0 Å². The molecule has 0 spiro atoms. The quantitative estimate of drug-likeness (QED) is 0.709. The molecule has 0 unspecified atom stereocenters. The Hall–Kier alpha value is -1.45. The van der Waals surface area contributed by atoms with Gasteiger partial charge in [0.05, 0.1) is 18.0 Å². The lowest BCUT2D eigenvalue weighted by molar-refractivity contribution is -0.137. The third kappa shape index (κ3) is 3.11. The number of carboxylic acid groups (broad SMARTS) is 1. The molecule has 0 bridgehead atoms. The smallest absolute Gasteiger partial charge is 0.325 e. The second-order valence-electron chi connectivity index (χ2n) is 4.10. The van der Waals surface area contributed by atoms with E-state index in [9.17, 15) is 13.2 Å². The summed E-state index contributed by atoms with van der Waals surface area (Å²) in [6.45, 7) is 2.28. The zero-order chi connectivity index (χ0) is 14.8. The molecular formula is C10H17N3O5S. The van der Waals surface area contributed by atoms with Crippen molar-refractivity contribution < 1.29 is 23.4 Å². The first kappa shape index (κ1) is 15.6. The van der Waals surface area contributed by atoms with Gasteiger partial charge in [-0.1, -0.05) is 0 Å². The molecule has 0 saturated carbocycles. The van der Waals surface area contributed by atoms with Crippen LogP contribution in [0.4, 0.5) is 0 Å². The first-order chi connectivity index (χ1) is 8.71. The fraction of sp³-hybridized carbons (Fsp3) is 0.600. The van der Waals surface area contributed by atoms with Crippen molar-refractivity contribution in [2.45, 2.75) is 25.3 Å². The molecule has 108 valence electrons. The minimum absolute atomic E-state index is 0.00954. The number of hydrogen-bond acceptors (Lipinski definition) is 5. The predicted octanol–water partition coefficient (Wildman–Crippen LogP) is -0.803. The van der Waals surface area contributed by atoms with Gasteiger partial charge in [-0.3, -0.25) is 9.48 Å². The zero-order valence-electron chi connectivity index (χ0n) is 11.0. The van der Waals surface area contributed by atoms with Crippen LogP contribution in [0.1, 0.15) is 11.4 Å². The minimum Gasteiger partial charge on any atom is -0.480 e. The Morgan fingerprint density at radius 1 is 1.42 bits per heavy atom. The molecule has 0 aromatic carbocycles. The van der Waals surface area contributed by atoms with E-state index in [1.54, 1.807) is 0 Å². The average Bonchev–Trinajstić information content (AvgIpc) is 2.53. The molecule has 1 rings (SSSR count). The number of carbonyl (C=O) groups is 1. The Kier molecular flexibility index (Phi) is 4.66. The van der Waals surface area contributed by atoms with Gasteiger partial charge in [-0.15, -0.1) is 0 Å². The molecule has 0 atom stereocenters. The lowest BCUT2D eigenvalue weighted by Crippen LogP contribution is -2.30. The van der Waals surface area contributed by atoms with Crippen LogP contribution in [0.5, 0.6) is 0 Å². The lowest BCUT2D eigenvalue weighted by Gasteiger charge is -2.16. The van der Waals surface area contributed by atoms with E-state index in [0.29, 0.717) is 0 Å². The Bertz CT molecular complexity index is 578. The molecule has 2 N–H and O–H groups in total. The molecule has 0 aliphatic carbocycles. The van der Waals surface area contributed by atoms with Gasteiger partial charge in [-0.05, 0) is 13.8 Å². The van der Waals surface area contributed by atoms with Gasteiger partial charge < -0.3 is 10.2 Å². The van der Waals surface area contributed by atoms with Crippen molar-refractivity contribution in [3.8, 4) is 0 Å². The number of aromatic nitrogens is 2. The molecule has 9 heteroatoms. The maximum absolute atomic E-state index is 12.3. The Morgan fingerprint density at radius 2 is 2.00 bits per heavy atom. The Balaban J connectivity index is 3.28. The van der Waals surface area contributed by atoms with Crippen LogP contribution in [0.15, 0.2) is 4.90 Å². The van der Waals surface area contributed by atoms with Crippen LogP contribution in [0.2, 0.25) is 0 Å². The molecule has 0 aliphatic rings. The van der Waals surface area contributed by atoms with Crippen molar-refractivity contribution in [1.29, 1.82) is 0 Å². The fourth-order valence-corrected chi connectivity index (χ4v) is 3.28. The summed E-state index contributed by atoms with van der Waals surface area (Å²) in [7, 11) is -2.43. The molecule has 0 radical (unpaired) electrons. The lowest BCUT2D eigenvalue weighted by atomic mass is 10.4. The minimum atomic E-state index is -3.78. The normalized spacial score (nSPS) is 12.1. The Morgan fingerprint density at radius 3 is 2.47 bits per heavy atom. The maximum Gasteiger partial charge on any atom is 0.325 e. The maximum atomic E-state index is 12.3. The van der Waals surface area contributed by atoms with Gasteiger partial charge in [0.1, 0.15) is 11.4 Å². The van der Waals surface area contributed by atoms with E-state index < -0.39 is 22.5 Å². The molecule has 1 heterocycles. The number of nitrogens with zero attached hydrogens (tertiary/aromatic N) is 3. The van der Waals surface area contributed by atoms with E-state index in [0.717, 1.165) is 8.99 Å². The van der Waals surface area contributed by atoms with Crippen molar-refractivity contribution >= 4 is 16.0 Å². The summed E-state index contributed by atoms with van der Waals surface area (Å²) in [6, 6.07) is 0. The number of aliphatic hydroxyl groups is 1. The Labute approximate surface area is 111 Å². The van der Waals surface area contributed by atoms with E-state index in [2.05, 4.69) is 5.10 Å². The van der Waals surface area contributed by atoms with Gasteiger partial charge >= 0.3 is 5.97 Å². The summed E-state index contributed by atoms with van der Waals surface area (Å²) in [6.07, 6.45) is 0. The zero-order valence-corrected chi connectivity index (χ0v) is 11.8. The molecule has 0 aliphatic heterocycles. The first-order valence-electron chi connectivity index (χ1n) is 5.54. The van der Waals surface area contributed by atoms with Gasteiger partial charge in [0, 0.05) is 13.6 Å². The van der Waals surface area contributed by atoms with Crippen LogP contribution in [0, 0.1) is 13.8 Å². The number of likely N-dealkylation sites (N-methyl/N-ethyl adjacent to an activating group) is 1. The molecule has 19 heavy (non-hydrogen) atoms. The molecule has 0 amide bonds. The number of aliphatic hydroxyl groups excluding tert-OH is 1. The number of aliphatic carboxylic acids is 1. The molecule has 1 aromatic heterocycles. The van der Waals surface area contributed by atoms with Gasteiger partial charge in [0.15, 0.2) is 0 Å². The number of rotatable bonds is 6. The van der Waals surface area contributed by atoms with Crippen molar-refractivity contribution in [3.05, 3.63) is 11.4 Å². The number of hydrogen-bond donors (Lipinski definition) is 2. The van der Waals surface area contributed by atoms with Crippen molar-refractivity contribution in [3.63, 3.8) is 0 Å². The summed E-state index contributed by atoms with van der Waals surface area (Å²) in [5.41, 5.74) is 0.508. The summed E-state index contributed by atoms with van der Waals surface area (Å²) in [5.74, 6) is -1.10.